The Morgan fingerprint density at radius 3 is 3.00 bits per heavy atom. The lowest BCUT2D eigenvalue weighted by Crippen LogP contribution is -2.40. The van der Waals surface area contributed by atoms with Gasteiger partial charge in [0, 0.05) is 37.9 Å². The minimum atomic E-state index is -0.763. The van der Waals surface area contributed by atoms with Crippen LogP contribution in [-0.2, 0) is 4.79 Å². The average molecular weight is 291 g/mol. The van der Waals surface area contributed by atoms with Crippen LogP contribution in [0, 0.1) is 0 Å². The Kier molecular flexibility index (Phi) is 5.14. The van der Waals surface area contributed by atoms with Crippen molar-refractivity contribution < 1.29 is 14.7 Å². The molecule has 2 N–H and O–H groups in total. The molecule has 1 aliphatic rings. The standard InChI is InChI=1S/C15H21N3O3/c1-16-15(21)13-10-12(7-8-17-13)18-9-3-2-4-11(18)5-6-14(19)20/h7-8,10-11H,2-6,9H2,1H3,(H,16,21)(H,19,20). The molecule has 1 atom stereocenters. The first-order valence-electron chi connectivity index (χ1n) is 7.28. The van der Waals surface area contributed by atoms with E-state index in [1.807, 2.05) is 6.07 Å². The topological polar surface area (TPSA) is 82.5 Å². The van der Waals surface area contributed by atoms with Gasteiger partial charge >= 0.3 is 5.97 Å². The number of carboxylic acids is 1. The average Bonchev–Trinajstić information content (AvgIpc) is 2.52. The second kappa shape index (κ2) is 7.06. The predicted molar refractivity (Wildman–Crippen MR) is 79.5 cm³/mol. The summed E-state index contributed by atoms with van der Waals surface area (Å²) >= 11 is 0. The first-order valence-corrected chi connectivity index (χ1v) is 7.28. The number of carbonyl (C=O) groups is 2. The molecule has 1 unspecified atom stereocenters. The highest BCUT2D eigenvalue weighted by Gasteiger charge is 2.24. The number of carbonyl (C=O) groups excluding carboxylic acids is 1. The molecule has 0 aromatic carbocycles. The van der Waals surface area contributed by atoms with Gasteiger partial charge in [-0.25, -0.2) is 0 Å². The number of hydrogen-bond acceptors (Lipinski definition) is 4. The van der Waals surface area contributed by atoms with Gasteiger partial charge in [0.2, 0.25) is 0 Å². The third-order valence-electron chi connectivity index (χ3n) is 3.85. The van der Waals surface area contributed by atoms with Gasteiger partial charge < -0.3 is 15.3 Å². The van der Waals surface area contributed by atoms with Gasteiger partial charge in [0.25, 0.3) is 5.91 Å². The zero-order chi connectivity index (χ0) is 15.2. The van der Waals surface area contributed by atoms with Crippen molar-refractivity contribution in [3.63, 3.8) is 0 Å². The molecule has 1 aliphatic heterocycles. The summed E-state index contributed by atoms with van der Waals surface area (Å²) in [6.07, 6.45) is 5.63. The summed E-state index contributed by atoms with van der Waals surface area (Å²) in [7, 11) is 1.58. The molecule has 0 spiro atoms. The predicted octanol–water partition coefficient (Wildman–Crippen LogP) is 1.66. The van der Waals surface area contributed by atoms with E-state index in [1.54, 1.807) is 19.3 Å². The third-order valence-corrected chi connectivity index (χ3v) is 3.85. The number of aliphatic carboxylic acids is 1. The van der Waals surface area contributed by atoms with E-state index in [1.165, 1.54) is 0 Å². The summed E-state index contributed by atoms with van der Waals surface area (Å²) in [5.41, 5.74) is 1.33. The number of carboxylic acid groups (broad SMARTS) is 1. The molecular formula is C15H21N3O3. The van der Waals surface area contributed by atoms with Crippen molar-refractivity contribution in [1.29, 1.82) is 0 Å². The van der Waals surface area contributed by atoms with Crippen LogP contribution in [0.1, 0.15) is 42.6 Å². The molecule has 1 saturated heterocycles. The number of pyridine rings is 1. The molecule has 1 aromatic heterocycles. The van der Waals surface area contributed by atoms with E-state index in [2.05, 4.69) is 15.2 Å². The van der Waals surface area contributed by atoms with Gasteiger partial charge in [-0.3, -0.25) is 14.6 Å². The van der Waals surface area contributed by atoms with Crippen molar-refractivity contribution in [1.82, 2.24) is 10.3 Å². The van der Waals surface area contributed by atoms with E-state index in [-0.39, 0.29) is 18.4 Å². The Morgan fingerprint density at radius 2 is 2.29 bits per heavy atom. The van der Waals surface area contributed by atoms with Crippen LogP contribution < -0.4 is 10.2 Å². The molecule has 21 heavy (non-hydrogen) atoms. The number of aromatic nitrogens is 1. The summed E-state index contributed by atoms with van der Waals surface area (Å²) in [4.78, 5) is 28.7. The van der Waals surface area contributed by atoms with Crippen LogP contribution in [0.3, 0.4) is 0 Å². The maximum Gasteiger partial charge on any atom is 0.303 e. The lowest BCUT2D eigenvalue weighted by Gasteiger charge is -2.37. The van der Waals surface area contributed by atoms with E-state index in [0.717, 1.165) is 31.5 Å². The Labute approximate surface area is 124 Å². The van der Waals surface area contributed by atoms with E-state index < -0.39 is 5.97 Å². The zero-order valence-corrected chi connectivity index (χ0v) is 12.2. The second-order valence-corrected chi connectivity index (χ2v) is 5.25. The van der Waals surface area contributed by atoms with Gasteiger partial charge in [0.15, 0.2) is 0 Å². The zero-order valence-electron chi connectivity index (χ0n) is 12.2. The summed E-state index contributed by atoms with van der Waals surface area (Å²) in [6.45, 7) is 0.890. The van der Waals surface area contributed by atoms with Crippen LogP contribution in [0.15, 0.2) is 18.3 Å². The third kappa shape index (κ3) is 3.93. The van der Waals surface area contributed by atoms with Crippen LogP contribution in [0.5, 0.6) is 0 Å². The Balaban J connectivity index is 2.16. The highest BCUT2D eigenvalue weighted by molar-refractivity contribution is 5.92. The molecule has 0 bridgehead atoms. The normalized spacial score (nSPS) is 18.3. The van der Waals surface area contributed by atoms with Crippen molar-refractivity contribution in [3.8, 4) is 0 Å². The van der Waals surface area contributed by atoms with E-state index in [0.29, 0.717) is 12.1 Å². The first kappa shape index (κ1) is 15.3. The highest BCUT2D eigenvalue weighted by atomic mass is 16.4. The van der Waals surface area contributed by atoms with Crippen LogP contribution in [0.25, 0.3) is 0 Å². The van der Waals surface area contributed by atoms with Gasteiger partial charge in [0.1, 0.15) is 5.69 Å². The van der Waals surface area contributed by atoms with Crippen molar-refractivity contribution >= 4 is 17.6 Å². The largest absolute Gasteiger partial charge is 0.481 e. The molecule has 2 heterocycles. The number of amides is 1. The maximum atomic E-state index is 11.7. The molecule has 2 rings (SSSR count). The molecular weight excluding hydrogens is 270 g/mol. The molecule has 0 saturated carbocycles. The Morgan fingerprint density at radius 1 is 1.48 bits per heavy atom. The van der Waals surface area contributed by atoms with Gasteiger partial charge in [-0.05, 0) is 37.8 Å². The highest BCUT2D eigenvalue weighted by Crippen LogP contribution is 2.27. The molecule has 0 radical (unpaired) electrons. The minimum Gasteiger partial charge on any atom is -0.481 e. The van der Waals surface area contributed by atoms with Crippen molar-refractivity contribution in [2.75, 3.05) is 18.5 Å². The smallest absolute Gasteiger partial charge is 0.303 e. The summed E-state index contributed by atoms with van der Waals surface area (Å²) in [5, 5.41) is 11.4. The molecule has 0 aliphatic carbocycles. The van der Waals surface area contributed by atoms with E-state index in [9.17, 15) is 9.59 Å². The number of anilines is 1. The molecule has 114 valence electrons. The SMILES string of the molecule is CNC(=O)c1cc(N2CCCCC2CCC(=O)O)ccn1. The minimum absolute atomic E-state index is 0.175. The number of nitrogens with zero attached hydrogens (tertiary/aromatic N) is 2. The van der Waals surface area contributed by atoms with E-state index >= 15 is 0 Å². The van der Waals surface area contributed by atoms with Crippen LogP contribution in [0.2, 0.25) is 0 Å². The van der Waals surface area contributed by atoms with Gasteiger partial charge in [-0.15, -0.1) is 0 Å². The monoisotopic (exact) mass is 291 g/mol. The van der Waals surface area contributed by atoms with Gasteiger partial charge in [-0.2, -0.15) is 0 Å². The maximum absolute atomic E-state index is 11.7. The van der Waals surface area contributed by atoms with Crippen molar-refractivity contribution in [2.45, 2.75) is 38.1 Å². The second-order valence-electron chi connectivity index (χ2n) is 5.25. The summed E-state index contributed by atoms with van der Waals surface area (Å²) in [6, 6.07) is 3.87. The molecule has 1 amide bonds. The summed E-state index contributed by atoms with van der Waals surface area (Å²) in [5.74, 6) is -0.975. The fourth-order valence-corrected chi connectivity index (χ4v) is 2.78. The lowest BCUT2D eigenvalue weighted by molar-refractivity contribution is -0.137. The number of hydrogen-bond donors (Lipinski definition) is 2. The molecule has 1 fully saturated rings. The van der Waals surface area contributed by atoms with E-state index in [4.69, 9.17) is 5.11 Å². The molecule has 6 nitrogen and oxygen atoms in total. The Hall–Kier alpha value is -2.11. The number of rotatable bonds is 5. The molecule has 1 aromatic rings. The summed E-state index contributed by atoms with van der Waals surface area (Å²) < 4.78 is 0. The van der Waals surface area contributed by atoms with Crippen molar-refractivity contribution in [2.24, 2.45) is 0 Å². The van der Waals surface area contributed by atoms with Gasteiger partial charge in [0.05, 0.1) is 0 Å². The van der Waals surface area contributed by atoms with Crippen LogP contribution in [-0.4, -0.2) is 41.6 Å². The first-order chi connectivity index (χ1) is 10.1. The molecule has 6 heteroatoms. The number of nitrogens with one attached hydrogen (secondary N) is 1. The fourth-order valence-electron chi connectivity index (χ4n) is 2.78. The Bertz CT molecular complexity index is 519. The van der Waals surface area contributed by atoms with Gasteiger partial charge in [-0.1, -0.05) is 0 Å². The van der Waals surface area contributed by atoms with Crippen LogP contribution in [0.4, 0.5) is 5.69 Å². The number of piperidine rings is 1. The van der Waals surface area contributed by atoms with Crippen molar-refractivity contribution in [3.05, 3.63) is 24.0 Å². The quantitative estimate of drug-likeness (QED) is 0.862. The lowest BCUT2D eigenvalue weighted by atomic mass is 9.97. The van der Waals surface area contributed by atoms with Crippen LogP contribution >= 0.6 is 0 Å². The fraction of sp³-hybridized carbons (Fsp3) is 0.533.